The molecule has 0 aliphatic carbocycles. The van der Waals surface area contributed by atoms with Crippen LogP contribution in [0.25, 0.3) is 0 Å². The van der Waals surface area contributed by atoms with E-state index in [4.69, 9.17) is 19.9 Å². The van der Waals surface area contributed by atoms with E-state index in [1.807, 2.05) is 6.92 Å². The molecule has 0 aromatic heterocycles. The Labute approximate surface area is 155 Å². The molecule has 1 aliphatic heterocycles. The highest BCUT2D eigenvalue weighted by atomic mass is 35.5. The van der Waals surface area contributed by atoms with Crippen LogP contribution >= 0.6 is 12.4 Å². The lowest BCUT2D eigenvalue weighted by molar-refractivity contribution is 0.249. The summed E-state index contributed by atoms with van der Waals surface area (Å²) in [6, 6.07) is 3.16. The molecule has 2 N–H and O–H groups in total. The lowest BCUT2D eigenvalue weighted by Crippen LogP contribution is -2.42. The van der Waals surface area contributed by atoms with Crippen LogP contribution in [0, 0.1) is 5.92 Å². The lowest BCUT2D eigenvalue weighted by atomic mass is 9.92. The third kappa shape index (κ3) is 4.49. The molecule has 0 bridgehead atoms. The summed E-state index contributed by atoms with van der Waals surface area (Å²) < 4.78 is 43.4. The van der Waals surface area contributed by atoms with Crippen molar-refractivity contribution in [2.75, 3.05) is 34.4 Å². The van der Waals surface area contributed by atoms with E-state index < -0.39 is 10.0 Å². The first-order valence-corrected chi connectivity index (χ1v) is 9.34. The highest BCUT2D eigenvalue weighted by molar-refractivity contribution is 7.89. The van der Waals surface area contributed by atoms with Crippen molar-refractivity contribution in [2.24, 2.45) is 11.7 Å². The molecule has 1 heterocycles. The minimum Gasteiger partial charge on any atom is -0.496 e. The van der Waals surface area contributed by atoms with Crippen LogP contribution in [-0.4, -0.2) is 53.2 Å². The molecule has 1 aliphatic rings. The number of methoxy groups -OCH3 is 3. The van der Waals surface area contributed by atoms with E-state index in [2.05, 4.69) is 0 Å². The Morgan fingerprint density at radius 2 is 1.56 bits per heavy atom. The molecular formula is C16H27ClN2O5S. The summed E-state index contributed by atoms with van der Waals surface area (Å²) >= 11 is 0. The molecule has 0 amide bonds. The van der Waals surface area contributed by atoms with Crippen molar-refractivity contribution < 1.29 is 22.6 Å². The number of rotatable bonds is 6. The van der Waals surface area contributed by atoms with Crippen LogP contribution in [0.2, 0.25) is 0 Å². The van der Waals surface area contributed by atoms with Gasteiger partial charge in [0.15, 0.2) is 4.90 Å². The number of hydrogen-bond acceptors (Lipinski definition) is 6. The number of benzene rings is 1. The Kier molecular flexibility index (Phi) is 7.80. The number of hydrogen-bond donors (Lipinski definition) is 1. The van der Waals surface area contributed by atoms with Crippen molar-refractivity contribution >= 4 is 22.4 Å². The molecule has 25 heavy (non-hydrogen) atoms. The smallest absolute Gasteiger partial charge is 0.250 e. The third-order valence-corrected chi connectivity index (χ3v) is 6.47. The molecule has 1 aromatic rings. The van der Waals surface area contributed by atoms with Gasteiger partial charge in [-0.1, -0.05) is 0 Å². The molecule has 7 nitrogen and oxygen atoms in total. The van der Waals surface area contributed by atoms with E-state index in [1.54, 1.807) is 12.1 Å². The van der Waals surface area contributed by atoms with Gasteiger partial charge < -0.3 is 19.9 Å². The quantitative estimate of drug-likeness (QED) is 0.792. The second kappa shape index (κ2) is 8.93. The fourth-order valence-corrected chi connectivity index (χ4v) is 4.74. The normalized spacial score (nSPS) is 17.5. The van der Waals surface area contributed by atoms with Gasteiger partial charge in [0.1, 0.15) is 17.2 Å². The van der Waals surface area contributed by atoms with Gasteiger partial charge in [0.25, 0.3) is 0 Å². The van der Waals surface area contributed by atoms with Gasteiger partial charge in [-0.05, 0) is 25.7 Å². The molecule has 1 aromatic carbocycles. The Hall–Kier alpha value is -1.22. The Bertz CT molecular complexity index is 648. The first-order chi connectivity index (χ1) is 11.3. The number of nitrogens with two attached hydrogens (primary N) is 1. The van der Waals surface area contributed by atoms with Crippen molar-refractivity contribution in [1.82, 2.24) is 4.31 Å². The van der Waals surface area contributed by atoms with Crippen molar-refractivity contribution in [2.45, 2.75) is 30.7 Å². The van der Waals surface area contributed by atoms with Crippen molar-refractivity contribution in [1.29, 1.82) is 0 Å². The van der Waals surface area contributed by atoms with E-state index in [-0.39, 0.29) is 34.8 Å². The summed E-state index contributed by atoms with van der Waals surface area (Å²) in [5.41, 5.74) is 5.93. The van der Waals surface area contributed by atoms with Gasteiger partial charge in [0, 0.05) is 31.3 Å². The monoisotopic (exact) mass is 394 g/mol. The zero-order chi connectivity index (χ0) is 17.9. The van der Waals surface area contributed by atoms with Crippen molar-refractivity contribution in [3.05, 3.63) is 12.1 Å². The number of halogens is 1. The summed E-state index contributed by atoms with van der Waals surface area (Å²) in [5, 5.41) is 0. The highest BCUT2D eigenvalue weighted by Gasteiger charge is 2.35. The van der Waals surface area contributed by atoms with Gasteiger partial charge in [-0.15, -0.1) is 12.4 Å². The minimum atomic E-state index is -3.73. The Balaban J connectivity index is 0.00000312. The predicted octanol–water partition coefficient (Wildman–Crippen LogP) is 1.88. The maximum Gasteiger partial charge on any atom is 0.250 e. The van der Waals surface area contributed by atoms with Gasteiger partial charge in [0.2, 0.25) is 10.0 Å². The van der Waals surface area contributed by atoms with E-state index in [1.165, 1.54) is 25.6 Å². The van der Waals surface area contributed by atoms with Crippen LogP contribution in [0.1, 0.15) is 19.8 Å². The van der Waals surface area contributed by atoms with Gasteiger partial charge >= 0.3 is 0 Å². The van der Waals surface area contributed by atoms with Crippen LogP contribution < -0.4 is 19.9 Å². The first-order valence-electron chi connectivity index (χ1n) is 7.90. The molecule has 1 saturated heterocycles. The number of piperidine rings is 1. The fourth-order valence-electron chi connectivity index (χ4n) is 3.00. The van der Waals surface area contributed by atoms with Crippen LogP contribution in [0.3, 0.4) is 0 Å². The predicted molar refractivity (Wildman–Crippen MR) is 98.5 cm³/mol. The molecule has 1 atom stereocenters. The SMILES string of the molecule is COc1cc(OC)c(S(=O)(=O)N2CCC(C(C)N)CC2)c(OC)c1.Cl. The molecule has 2 rings (SSSR count). The summed E-state index contributed by atoms with van der Waals surface area (Å²) in [6.07, 6.45) is 1.50. The highest BCUT2D eigenvalue weighted by Crippen LogP contribution is 2.40. The average Bonchev–Trinajstić information content (AvgIpc) is 2.60. The Morgan fingerprint density at radius 1 is 1.08 bits per heavy atom. The van der Waals surface area contributed by atoms with Crippen molar-refractivity contribution in [3.63, 3.8) is 0 Å². The van der Waals surface area contributed by atoms with E-state index in [0.29, 0.717) is 24.8 Å². The summed E-state index contributed by atoms with van der Waals surface area (Å²) in [6.45, 7) is 2.84. The fraction of sp³-hybridized carbons (Fsp3) is 0.625. The topological polar surface area (TPSA) is 91.1 Å². The molecule has 1 fully saturated rings. The molecule has 1 unspecified atom stereocenters. The zero-order valence-electron chi connectivity index (χ0n) is 15.0. The maximum atomic E-state index is 13.1. The average molecular weight is 395 g/mol. The molecule has 0 saturated carbocycles. The first kappa shape index (κ1) is 21.8. The minimum absolute atomic E-state index is 0. The molecule has 0 spiro atoms. The molecule has 9 heteroatoms. The van der Waals surface area contributed by atoms with Crippen LogP contribution in [-0.2, 0) is 10.0 Å². The van der Waals surface area contributed by atoms with Crippen LogP contribution in [0.5, 0.6) is 17.2 Å². The Morgan fingerprint density at radius 3 is 1.92 bits per heavy atom. The van der Waals surface area contributed by atoms with Gasteiger partial charge in [-0.3, -0.25) is 0 Å². The van der Waals surface area contributed by atoms with Gasteiger partial charge in [-0.2, -0.15) is 4.31 Å². The zero-order valence-corrected chi connectivity index (χ0v) is 16.7. The largest absolute Gasteiger partial charge is 0.496 e. The molecule has 144 valence electrons. The van der Waals surface area contributed by atoms with E-state index >= 15 is 0 Å². The number of nitrogens with zero attached hydrogens (tertiary/aromatic N) is 1. The summed E-state index contributed by atoms with van der Waals surface area (Å²) in [7, 11) is 0.619. The second-order valence-corrected chi connectivity index (χ2v) is 7.84. The lowest BCUT2D eigenvalue weighted by Gasteiger charge is -2.33. The van der Waals surface area contributed by atoms with E-state index in [9.17, 15) is 8.42 Å². The molecule has 0 radical (unpaired) electrons. The second-order valence-electron chi connectivity index (χ2n) is 5.96. The summed E-state index contributed by atoms with van der Waals surface area (Å²) in [5.74, 6) is 1.23. The van der Waals surface area contributed by atoms with E-state index in [0.717, 1.165) is 12.8 Å². The standard InChI is InChI=1S/C16H26N2O5S.ClH/c1-11(17)12-5-7-18(8-6-12)24(19,20)16-14(22-3)9-13(21-2)10-15(16)23-4;/h9-12H,5-8,17H2,1-4H3;1H. The summed E-state index contributed by atoms with van der Waals surface area (Å²) in [4.78, 5) is 0.0348. The van der Waals surface area contributed by atoms with Crippen LogP contribution in [0.15, 0.2) is 17.0 Å². The van der Waals surface area contributed by atoms with Gasteiger partial charge in [0.05, 0.1) is 21.3 Å². The van der Waals surface area contributed by atoms with Gasteiger partial charge in [-0.25, -0.2) is 8.42 Å². The number of ether oxygens (including phenoxy) is 3. The molecular weight excluding hydrogens is 368 g/mol. The number of sulfonamides is 1. The maximum absolute atomic E-state index is 13.1. The van der Waals surface area contributed by atoms with Crippen molar-refractivity contribution in [3.8, 4) is 17.2 Å². The third-order valence-electron chi connectivity index (χ3n) is 4.51. The van der Waals surface area contributed by atoms with Crippen LogP contribution in [0.4, 0.5) is 0 Å².